The lowest BCUT2D eigenvalue weighted by Gasteiger charge is -2.16. The van der Waals surface area contributed by atoms with Crippen molar-refractivity contribution in [3.8, 4) is 0 Å². The molecule has 0 spiro atoms. The zero-order chi connectivity index (χ0) is 11.4. The Morgan fingerprint density at radius 2 is 2.13 bits per heavy atom. The highest BCUT2D eigenvalue weighted by molar-refractivity contribution is 5.73. The fourth-order valence-electron chi connectivity index (χ4n) is 1.28. The first kappa shape index (κ1) is 11.4. The summed E-state index contributed by atoms with van der Waals surface area (Å²) in [6, 6.07) is 1.90. The first-order valence-electron chi connectivity index (χ1n) is 4.87. The first-order valence-corrected chi connectivity index (χ1v) is 4.87. The first-order chi connectivity index (χ1) is 7.06. The van der Waals surface area contributed by atoms with Gasteiger partial charge in [-0.2, -0.15) is 0 Å². The van der Waals surface area contributed by atoms with E-state index in [2.05, 4.69) is 28.4 Å². The average Bonchev–Trinajstić information content (AvgIpc) is 2.18. The summed E-state index contributed by atoms with van der Waals surface area (Å²) in [5.74, 6) is 0.776. The van der Waals surface area contributed by atoms with Crippen molar-refractivity contribution in [1.29, 1.82) is 0 Å². The minimum Gasteiger partial charge on any atom is -0.381 e. The zero-order valence-corrected chi connectivity index (χ0v) is 9.78. The van der Waals surface area contributed by atoms with Gasteiger partial charge in [-0.25, -0.2) is 9.97 Å². The van der Waals surface area contributed by atoms with Gasteiger partial charge in [-0.3, -0.25) is 0 Å². The molecular weight excluding hydrogens is 186 g/mol. The summed E-state index contributed by atoms with van der Waals surface area (Å²) in [6.45, 7) is 7.76. The monoisotopic (exact) mass is 203 g/mol. The van der Waals surface area contributed by atoms with Crippen molar-refractivity contribution >= 4 is 5.57 Å². The third-order valence-electron chi connectivity index (χ3n) is 2.32. The SMILES string of the molecule is C=C/C(=C(/C)N(C)C)c1ccnc(C)n1. The Morgan fingerprint density at radius 1 is 1.47 bits per heavy atom. The molecule has 3 nitrogen and oxygen atoms in total. The Morgan fingerprint density at radius 3 is 2.60 bits per heavy atom. The van der Waals surface area contributed by atoms with Crippen molar-refractivity contribution in [3.05, 3.63) is 42.1 Å². The number of nitrogens with zero attached hydrogens (tertiary/aromatic N) is 3. The largest absolute Gasteiger partial charge is 0.381 e. The third-order valence-corrected chi connectivity index (χ3v) is 2.32. The number of hydrogen-bond acceptors (Lipinski definition) is 3. The molecule has 80 valence electrons. The minimum absolute atomic E-state index is 0.776. The number of aromatic nitrogens is 2. The number of allylic oxidation sites excluding steroid dienone is 3. The fourth-order valence-corrected chi connectivity index (χ4v) is 1.28. The van der Waals surface area contributed by atoms with Crippen LogP contribution >= 0.6 is 0 Å². The molecule has 0 fully saturated rings. The Hall–Kier alpha value is -1.64. The highest BCUT2D eigenvalue weighted by atomic mass is 15.1. The lowest BCUT2D eigenvalue weighted by atomic mass is 10.1. The molecule has 3 heteroatoms. The van der Waals surface area contributed by atoms with Crippen LogP contribution in [0, 0.1) is 6.92 Å². The average molecular weight is 203 g/mol. The van der Waals surface area contributed by atoms with Gasteiger partial charge in [0, 0.05) is 31.6 Å². The molecule has 0 radical (unpaired) electrons. The van der Waals surface area contributed by atoms with Crippen molar-refractivity contribution in [2.75, 3.05) is 14.1 Å². The lowest BCUT2D eigenvalue weighted by Crippen LogP contribution is -2.10. The number of aryl methyl sites for hydroxylation is 1. The molecule has 0 atom stereocenters. The van der Waals surface area contributed by atoms with Crippen molar-refractivity contribution < 1.29 is 0 Å². The normalized spacial score (nSPS) is 12.0. The second-order valence-corrected chi connectivity index (χ2v) is 3.59. The van der Waals surface area contributed by atoms with Gasteiger partial charge in [0.15, 0.2) is 0 Å². The molecule has 0 aliphatic carbocycles. The second-order valence-electron chi connectivity index (χ2n) is 3.59. The second kappa shape index (κ2) is 4.73. The van der Waals surface area contributed by atoms with E-state index in [1.807, 2.05) is 33.2 Å². The van der Waals surface area contributed by atoms with Crippen LogP contribution in [0.15, 0.2) is 30.6 Å². The predicted molar refractivity (Wildman–Crippen MR) is 63.2 cm³/mol. The lowest BCUT2D eigenvalue weighted by molar-refractivity contribution is 0.516. The molecular formula is C12H17N3. The van der Waals surface area contributed by atoms with Crippen LogP contribution < -0.4 is 0 Å². The van der Waals surface area contributed by atoms with Crippen LogP contribution in [0.4, 0.5) is 0 Å². The fraction of sp³-hybridized carbons (Fsp3) is 0.333. The predicted octanol–water partition coefficient (Wildman–Crippen LogP) is 2.26. The highest BCUT2D eigenvalue weighted by Crippen LogP contribution is 2.18. The highest BCUT2D eigenvalue weighted by Gasteiger charge is 2.05. The molecule has 0 saturated carbocycles. The Labute approximate surface area is 91.2 Å². The molecule has 0 unspecified atom stereocenters. The van der Waals surface area contributed by atoms with E-state index in [4.69, 9.17) is 0 Å². The maximum atomic E-state index is 4.38. The summed E-state index contributed by atoms with van der Waals surface area (Å²) >= 11 is 0. The van der Waals surface area contributed by atoms with Gasteiger partial charge < -0.3 is 4.90 Å². The van der Waals surface area contributed by atoms with E-state index < -0.39 is 0 Å². The number of hydrogen-bond donors (Lipinski definition) is 0. The van der Waals surface area contributed by atoms with E-state index in [1.54, 1.807) is 6.20 Å². The Balaban J connectivity index is 3.24. The van der Waals surface area contributed by atoms with Crippen molar-refractivity contribution in [2.45, 2.75) is 13.8 Å². The summed E-state index contributed by atoms with van der Waals surface area (Å²) < 4.78 is 0. The molecule has 1 rings (SSSR count). The van der Waals surface area contributed by atoms with Gasteiger partial charge in [-0.15, -0.1) is 0 Å². The van der Waals surface area contributed by atoms with Crippen LogP contribution in [0.2, 0.25) is 0 Å². The van der Waals surface area contributed by atoms with Crippen LogP contribution in [0.1, 0.15) is 18.4 Å². The quantitative estimate of drug-likeness (QED) is 0.706. The molecule has 1 aromatic rings. The molecule has 1 heterocycles. The summed E-state index contributed by atoms with van der Waals surface area (Å²) in [6.07, 6.45) is 3.60. The van der Waals surface area contributed by atoms with Gasteiger partial charge >= 0.3 is 0 Å². The van der Waals surface area contributed by atoms with Crippen molar-refractivity contribution in [1.82, 2.24) is 14.9 Å². The molecule has 0 bridgehead atoms. The molecule has 15 heavy (non-hydrogen) atoms. The zero-order valence-electron chi connectivity index (χ0n) is 9.78. The topological polar surface area (TPSA) is 29.0 Å². The van der Waals surface area contributed by atoms with Gasteiger partial charge in [0.2, 0.25) is 0 Å². The van der Waals surface area contributed by atoms with E-state index in [1.165, 1.54) is 0 Å². The Bertz CT molecular complexity index is 392. The van der Waals surface area contributed by atoms with Crippen LogP contribution in [0.3, 0.4) is 0 Å². The standard InChI is InChI=1S/C12H17N3/c1-6-11(9(2)15(4)5)12-7-8-13-10(3)14-12/h6-8H,1H2,2-5H3/b11-9+. The minimum atomic E-state index is 0.776. The van der Waals surface area contributed by atoms with Gasteiger partial charge in [0.25, 0.3) is 0 Å². The van der Waals surface area contributed by atoms with Crippen molar-refractivity contribution in [3.63, 3.8) is 0 Å². The van der Waals surface area contributed by atoms with Crippen LogP contribution in [-0.2, 0) is 0 Å². The Kier molecular flexibility index (Phi) is 3.61. The summed E-state index contributed by atoms with van der Waals surface area (Å²) in [5, 5.41) is 0. The van der Waals surface area contributed by atoms with Gasteiger partial charge in [0.1, 0.15) is 5.82 Å². The van der Waals surface area contributed by atoms with E-state index in [0.717, 1.165) is 22.8 Å². The van der Waals surface area contributed by atoms with Crippen LogP contribution in [0.5, 0.6) is 0 Å². The van der Waals surface area contributed by atoms with E-state index >= 15 is 0 Å². The van der Waals surface area contributed by atoms with Gasteiger partial charge in [-0.05, 0) is 19.9 Å². The van der Waals surface area contributed by atoms with E-state index in [9.17, 15) is 0 Å². The maximum Gasteiger partial charge on any atom is 0.125 e. The molecule has 0 aliphatic heterocycles. The van der Waals surface area contributed by atoms with Crippen LogP contribution in [-0.4, -0.2) is 29.0 Å². The molecule has 0 N–H and O–H groups in total. The number of rotatable bonds is 3. The molecule has 0 saturated heterocycles. The van der Waals surface area contributed by atoms with Crippen LogP contribution in [0.25, 0.3) is 5.57 Å². The van der Waals surface area contributed by atoms with Gasteiger partial charge in [-0.1, -0.05) is 12.7 Å². The maximum absolute atomic E-state index is 4.38. The molecule has 0 amide bonds. The third kappa shape index (κ3) is 2.65. The molecule has 0 aromatic carbocycles. The summed E-state index contributed by atoms with van der Waals surface area (Å²) in [4.78, 5) is 10.5. The summed E-state index contributed by atoms with van der Waals surface area (Å²) in [7, 11) is 4.01. The molecule has 1 aromatic heterocycles. The van der Waals surface area contributed by atoms with E-state index in [-0.39, 0.29) is 0 Å². The summed E-state index contributed by atoms with van der Waals surface area (Å²) in [5.41, 5.74) is 3.11. The van der Waals surface area contributed by atoms with E-state index in [0.29, 0.717) is 0 Å². The van der Waals surface area contributed by atoms with Gasteiger partial charge in [0.05, 0.1) is 5.69 Å². The molecule has 0 aliphatic rings. The smallest absolute Gasteiger partial charge is 0.125 e. The van der Waals surface area contributed by atoms with Crippen molar-refractivity contribution in [2.24, 2.45) is 0 Å².